The predicted octanol–water partition coefficient (Wildman–Crippen LogP) is 1.46. The van der Waals surface area contributed by atoms with Crippen LogP contribution in [-0.2, 0) is 14.4 Å². The first-order valence-electron chi connectivity index (χ1n) is 11.0. The Morgan fingerprint density at radius 2 is 1.80 bits per heavy atom. The maximum Gasteiger partial charge on any atom is 0.267 e. The quantitative estimate of drug-likeness (QED) is 0.718. The molecule has 1 saturated carbocycles. The number of nitrogens with zero attached hydrogens (tertiary/aromatic N) is 3. The van der Waals surface area contributed by atoms with Gasteiger partial charge in [0.15, 0.2) is 0 Å². The van der Waals surface area contributed by atoms with Crippen LogP contribution in [0.15, 0.2) is 0 Å². The molecular weight excluding hydrogens is 394 g/mol. The first-order valence-corrected chi connectivity index (χ1v) is 11.0. The highest BCUT2D eigenvalue weighted by atomic mass is 19.3. The molecule has 0 bridgehead atoms. The standard InChI is InChI=1S/C21H34F2N4O3/c1-25(2)19(29)17(18(24)20(30)26-12-10-21(22,23)13-26)14-6-8-15(9-7-14)27-11-4-3-5-16(27)28/h14-15,17-18H,3-13,24H2,1-2H3. The van der Waals surface area contributed by atoms with Crippen LogP contribution in [0.3, 0.4) is 0 Å². The van der Waals surface area contributed by atoms with Gasteiger partial charge in [0.05, 0.1) is 18.5 Å². The smallest absolute Gasteiger partial charge is 0.267 e. The van der Waals surface area contributed by atoms with Gasteiger partial charge in [0.25, 0.3) is 5.92 Å². The molecule has 30 heavy (non-hydrogen) atoms. The molecule has 9 heteroatoms. The van der Waals surface area contributed by atoms with Crippen LogP contribution in [0.1, 0.15) is 51.4 Å². The summed E-state index contributed by atoms with van der Waals surface area (Å²) >= 11 is 0. The third-order valence-corrected chi connectivity index (χ3v) is 6.93. The lowest BCUT2D eigenvalue weighted by Crippen LogP contribution is -2.55. The van der Waals surface area contributed by atoms with E-state index in [0.717, 1.165) is 37.1 Å². The van der Waals surface area contributed by atoms with Crippen molar-refractivity contribution < 1.29 is 23.2 Å². The van der Waals surface area contributed by atoms with Crippen molar-refractivity contribution in [3.8, 4) is 0 Å². The fourth-order valence-corrected chi connectivity index (χ4v) is 5.22. The van der Waals surface area contributed by atoms with E-state index in [1.54, 1.807) is 14.1 Å². The van der Waals surface area contributed by atoms with Gasteiger partial charge in [-0.05, 0) is 44.4 Å². The third-order valence-electron chi connectivity index (χ3n) is 6.93. The second kappa shape index (κ2) is 9.16. The number of amides is 3. The average Bonchev–Trinajstić information content (AvgIpc) is 3.08. The molecule has 0 spiro atoms. The minimum absolute atomic E-state index is 0.0355. The number of halogens is 2. The van der Waals surface area contributed by atoms with E-state index in [1.807, 2.05) is 4.90 Å². The van der Waals surface area contributed by atoms with Gasteiger partial charge in [-0.15, -0.1) is 0 Å². The number of hydrogen-bond acceptors (Lipinski definition) is 4. The molecule has 2 unspecified atom stereocenters. The third kappa shape index (κ3) is 4.92. The van der Waals surface area contributed by atoms with Crippen LogP contribution in [0.25, 0.3) is 0 Å². The molecule has 0 aromatic heterocycles. The van der Waals surface area contributed by atoms with Gasteiger partial charge in [0.1, 0.15) is 0 Å². The largest absolute Gasteiger partial charge is 0.349 e. The molecule has 2 heterocycles. The summed E-state index contributed by atoms with van der Waals surface area (Å²) in [5.74, 6) is -4.33. The molecule has 170 valence electrons. The van der Waals surface area contributed by atoms with E-state index in [0.29, 0.717) is 19.3 Å². The molecular formula is C21H34F2N4O3. The fourth-order valence-electron chi connectivity index (χ4n) is 5.22. The van der Waals surface area contributed by atoms with Crippen molar-refractivity contribution >= 4 is 17.7 Å². The molecule has 0 aromatic carbocycles. The second-order valence-electron chi connectivity index (χ2n) is 9.26. The van der Waals surface area contributed by atoms with Gasteiger partial charge in [-0.3, -0.25) is 14.4 Å². The summed E-state index contributed by atoms with van der Waals surface area (Å²) in [6.07, 6.45) is 5.12. The van der Waals surface area contributed by atoms with Gasteiger partial charge in [0.2, 0.25) is 17.7 Å². The number of likely N-dealkylation sites (tertiary alicyclic amines) is 2. The Morgan fingerprint density at radius 1 is 1.13 bits per heavy atom. The fraction of sp³-hybridized carbons (Fsp3) is 0.857. The van der Waals surface area contributed by atoms with Crippen LogP contribution in [0.5, 0.6) is 0 Å². The van der Waals surface area contributed by atoms with E-state index < -0.39 is 30.3 Å². The van der Waals surface area contributed by atoms with E-state index in [1.165, 1.54) is 4.90 Å². The lowest BCUT2D eigenvalue weighted by molar-refractivity contribution is -0.144. The molecule has 3 fully saturated rings. The van der Waals surface area contributed by atoms with Crippen molar-refractivity contribution in [1.82, 2.24) is 14.7 Å². The molecule has 0 aromatic rings. The number of piperidine rings is 1. The Balaban J connectivity index is 1.68. The summed E-state index contributed by atoms with van der Waals surface area (Å²) < 4.78 is 27.1. The number of carbonyl (C=O) groups excluding carboxylic acids is 3. The van der Waals surface area contributed by atoms with E-state index in [4.69, 9.17) is 5.73 Å². The molecule has 7 nitrogen and oxygen atoms in total. The van der Waals surface area contributed by atoms with Crippen LogP contribution < -0.4 is 5.73 Å². The van der Waals surface area contributed by atoms with E-state index in [9.17, 15) is 23.2 Å². The normalized spacial score (nSPS) is 28.9. The van der Waals surface area contributed by atoms with Crippen molar-refractivity contribution in [1.29, 1.82) is 0 Å². The molecule has 3 amide bonds. The summed E-state index contributed by atoms with van der Waals surface area (Å²) in [4.78, 5) is 42.5. The lowest BCUT2D eigenvalue weighted by Gasteiger charge is -2.41. The minimum atomic E-state index is -2.89. The zero-order valence-corrected chi connectivity index (χ0v) is 18.0. The Morgan fingerprint density at radius 3 is 2.33 bits per heavy atom. The zero-order valence-electron chi connectivity index (χ0n) is 18.0. The van der Waals surface area contributed by atoms with Crippen LogP contribution in [0.4, 0.5) is 8.78 Å². The highest BCUT2D eigenvalue weighted by Gasteiger charge is 2.46. The van der Waals surface area contributed by atoms with Crippen molar-refractivity contribution in [2.75, 3.05) is 33.7 Å². The average molecular weight is 429 g/mol. The number of hydrogen-bond donors (Lipinski definition) is 1. The van der Waals surface area contributed by atoms with Crippen molar-refractivity contribution in [2.24, 2.45) is 17.6 Å². The summed E-state index contributed by atoms with van der Waals surface area (Å²) in [5.41, 5.74) is 6.25. The van der Waals surface area contributed by atoms with Gasteiger partial charge in [-0.2, -0.15) is 0 Å². The molecule has 2 saturated heterocycles. The van der Waals surface area contributed by atoms with Gasteiger partial charge < -0.3 is 20.4 Å². The Bertz CT molecular complexity index is 665. The van der Waals surface area contributed by atoms with Crippen LogP contribution in [0.2, 0.25) is 0 Å². The topological polar surface area (TPSA) is 87.0 Å². The molecule has 2 N–H and O–H groups in total. The van der Waals surface area contributed by atoms with Gasteiger partial charge in [0, 0.05) is 46.1 Å². The number of carbonyl (C=O) groups is 3. The van der Waals surface area contributed by atoms with Gasteiger partial charge in [-0.25, -0.2) is 8.78 Å². The van der Waals surface area contributed by atoms with Crippen molar-refractivity contribution in [3.05, 3.63) is 0 Å². The maximum atomic E-state index is 13.6. The van der Waals surface area contributed by atoms with Crippen LogP contribution in [-0.4, -0.2) is 84.2 Å². The van der Waals surface area contributed by atoms with E-state index in [2.05, 4.69) is 0 Å². The molecule has 3 rings (SSSR count). The Hall–Kier alpha value is -1.77. The molecule has 3 aliphatic rings. The Kier molecular flexibility index (Phi) is 6.99. The summed E-state index contributed by atoms with van der Waals surface area (Å²) in [7, 11) is 3.24. The lowest BCUT2D eigenvalue weighted by atomic mass is 9.74. The highest BCUT2D eigenvalue weighted by molar-refractivity contribution is 5.90. The zero-order chi connectivity index (χ0) is 22.1. The highest BCUT2D eigenvalue weighted by Crippen LogP contribution is 2.36. The monoisotopic (exact) mass is 428 g/mol. The second-order valence-corrected chi connectivity index (χ2v) is 9.26. The van der Waals surface area contributed by atoms with Gasteiger partial charge >= 0.3 is 0 Å². The van der Waals surface area contributed by atoms with Gasteiger partial charge in [-0.1, -0.05) is 0 Å². The molecule has 2 aliphatic heterocycles. The number of alkyl halides is 2. The minimum Gasteiger partial charge on any atom is -0.349 e. The Labute approximate surface area is 176 Å². The first-order chi connectivity index (χ1) is 14.1. The molecule has 2 atom stereocenters. The number of rotatable bonds is 5. The summed E-state index contributed by atoms with van der Waals surface area (Å²) in [6, 6.07) is -0.958. The van der Waals surface area contributed by atoms with Crippen molar-refractivity contribution in [2.45, 2.75) is 69.4 Å². The van der Waals surface area contributed by atoms with Crippen LogP contribution >= 0.6 is 0 Å². The predicted molar refractivity (Wildman–Crippen MR) is 108 cm³/mol. The molecule has 1 aliphatic carbocycles. The molecule has 0 radical (unpaired) electrons. The van der Waals surface area contributed by atoms with Crippen LogP contribution in [0, 0.1) is 11.8 Å². The first kappa shape index (κ1) is 22.9. The van der Waals surface area contributed by atoms with Crippen molar-refractivity contribution in [3.63, 3.8) is 0 Å². The summed E-state index contributed by atoms with van der Waals surface area (Å²) in [6.45, 7) is 0.119. The van der Waals surface area contributed by atoms with E-state index in [-0.39, 0.29) is 36.7 Å². The van der Waals surface area contributed by atoms with E-state index >= 15 is 0 Å². The summed E-state index contributed by atoms with van der Waals surface area (Å²) in [5, 5.41) is 0. The number of nitrogens with two attached hydrogens (primary N) is 1. The SMILES string of the molecule is CN(C)C(=O)C(C1CCC(N2CCCCC2=O)CC1)C(N)C(=O)N1CCC(F)(F)C1. The maximum absolute atomic E-state index is 13.6.